The number of aromatic nitrogens is 2. The quantitative estimate of drug-likeness (QED) is 0.258. The topological polar surface area (TPSA) is 102 Å². The fourth-order valence-electron chi connectivity index (χ4n) is 5.33. The van der Waals surface area contributed by atoms with Crippen LogP contribution in [-0.2, 0) is 23.9 Å². The number of nitrogens with zero attached hydrogens (tertiary/aromatic N) is 3. The second-order valence-electron chi connectivity index (χ2n) is 10.7. The van der Waals surface area contributed by atoms with Gasteiger partial charge in [-0.1, -0.05) is 12.1 Å². The Kier molecular flexibility index (Phi) is 9.42. The summed E-state index contributed by atoms with van der Waals surface area (Å²) in [5, 5.41) is 3.01. The van der Waals surface area contributed by atoms with E-state index in [0.717, 1.165) is 37.3 Å². The van der Waals surface area contributed by atoms with E-state index in [0.29, 0.717) is 61.8 Å². The third kappa shape index (κ3) is 6.82. The standard InChI is InChI=1S/C32H33F4N5O3/c1-20-7-8-26(39-30(42)21-4-2-5-23(16-21)32(34,35)36)29(33)28(20)25-17-22-19-38-24(6-3-9-37)18-27(22)41(31(25)43)11-10-40-12-14-44-15-13-40/h2,4-5,7-8,16-19H,3,6,9-15,37H2,1H3,(H,39,42). The summed E-state index contributed by atoms with van der Waals surface area (Å²) < 4.78 is 62.8. The molecule has 0 bridgehead atoms. The summed E-state index contributed by atoms with van der Waals surface area (Å²) in [5.74, 6) is -1.78. The number of carbonyl (C=O) groups excluding carboxylic acids is 1. The maximum Gasteiger partial charge on any atom is 0.416 e. The van der Waals surface area contributed by atoms with Crippen molar-refractivity contribution in [3.8, 4) is 11.1 Å². The molecule has 0 spiro atoms. The molecule has 0 aliphatic carbocycles. The first-order valence-electron chi connectivity index (χ1n) is 14.4. The molecule has 232 valence electrons. The predicted molar refractivity (Wildman–Crippen MR) is 160 cm³/mol. The van der Waals surface area contributed by atoms with Crippen molar-refractivity contribution in [2.75, 3.05) is 44.7 Å². The molecule has 2 aromatic carbocycles. The first-order chi connectivity index (χ1) is 21.1. The molecule has 1 saturated heterocycles. The maximum atomic E-state index is 16.2. The van der Waals surface area contributed by atoms with Crippen LogP contribution < -0.4 is 16.6 Å². The molecule has 8 nitrogen and oxygen atoms in total. The van der Waals surface area contributed by atoms with Gasteiger partial charge in [0.1, 0.15) is 0 Å². The van der Waals surface area contributed by atoms with Gasteiger partial charge in [-0.05, 0) is 68.3 Å². The zero-order chi connectivity index (χ0) is 31.4. The average molecular weight is 612 g/mol. The highest BCUT2D eigenvalue weighted by molar-refractivity contribution is 6.05. The molecule has 3 heterocycles. The zero-order valence-electron chi connectivity index (χ0n) is 24.2. The van der Waals surface area contributed by atoms with Gasteiger partial charge in [0.25, 0.3) is 11.5 Å². The van der Waals surface area contributed by atoms with Gasteiger partial charge < -0.3 is 20.4 Å². The van der Waals surface area contributed by atoms with Gasteiger partial charge in [-0.25, -0.2) is 4.39 Å². The second kappa shape index (κ2) is 13.2. The minimum absolute atomic E-state index is 0.00827. The maximum absolute atomic E-state index is 16.2. The number of halogens is 4. The van der Waals surface area contributed by atoms with E-state index in [1.165, 1.54) is 12.1 Å². The van der Waals surface area contributed by atoms with Crippen molar-refractivity contribution in [2.45, 2.75) is 32.5 Å². The third-order valence-corrected chi connectivity index (χ3v) is 7.74. The molecule has 3 N–H and O–H groups in total. The minimum Gasteiger partial charge on any atom is -0.379 e. The van der Waals surface area contributed by atoms with Crippen LogP contribution in [0.5, 0.6) is 0 Å². The molecular formula is C32H33F4N5O3. The van der Waals surface area contributed by atoms with Crippen LogP contribution in [0.3, 0.4) is 0 Å². The van der Waals surface area contributed by atoms with Gasteiger partial charge in [0.2, 0.25) is 0 Å². The van der Waals surface area contributed by atoms with Gasteiger partial charge in [0, 0.05) is 54.6 Å². The second-order valence-corrected chi connectivity index (χ2v) is 10.7. The number of hydrogen-bond donors (Lipinski definition) is 2. The Morgan fingerprint density at radius 1 is 1.09 bits per heavy atom. The first-order valence-corrected chi connectivity index (χ1v) is 14.4. The Balaban J connectivity index is 1.55. The Morgan fingerprint density at radius 2 is 1.86 bits per heavy atom. The zero-order valence-corrected chi connectivity index (χ0v) is 24.2. The molecular weight excluding hydrogens is 578 g/mol. The molecule has 44 heavy (non-hydrogen) atoms. The molecule has 1 amide bonds. The molecule has 0 saturated carbocycles. The van der Waals surface area contributed by atoms with Crippen LogP contribution in [0.1, 0.15) is 33.6 Å². The van der Waals surface area contributed by atoms with Gasteiger partial charge in [-0.2, -0.15) is 13.2 Å². The largest absolute Gasteiger partial charge is 0.416 e. The van der Waals surface area contributed by atoms with Crippen molar-refractivity contribution in [3.63, 3.8) is 0 Å². The van der Waals surface area contributed by atoms with Gasteiger partial charge in [-0.15, -0.1) is 0 Å². The molecule has 4 aromatic rings. The lowest BCUT2D eigenvalue weighted by Crippen LogP contribution is -2.39. The van der Waals surface area contributed by atoms with Gasteiger partial charge in [0.05, 0.1) is 35.5 Å². The summed E-state index contributed by atoms with van der Waals surface area (Å²) in [6.45, 7) is 5.74. The monoisotopic (exact) mass is 611 g/mol. The molecule has 1 fully saturated rings. The van der Waals surface area contributed by atoms with E-state index in [1.54, 1.807) is 29.8 Å². The molecule has 0 atom stereocenters. The number of carbonyl (C=O) groups is 1. The molecule has 0 radical (unpaired) electrons. The van der Waals surface area contributed by atoms with Crippen LogP contribution in [0.25, 0.3) is 22.0 Å². The van der Waals surface area contributed by atoms with E-state index in [9.17, 15) is 22.8 Å². The van der Waals surface area contributed by atoms with Crippen molar-refractivity contribution < 1.29 is 27.1 Å². The van der Waals surface area contributed by atoms with Crippen molar-refractivity contribution in [1.29, 1.82) is 0 Å². The number of amides is 1. The molecule has 0 unspecified atom stereocenters. The summed E-state index contributed by atoms with van der Waals surface area (Å²) in [6, 6.07) is 10.2. The average Bonchev–Trinajstić information content (AvgIpc) is 3.01. The van der Waals surface area contributed by atoms with E-state index in [1.807, 2.05) is 6.07 Å². The highest BCUT2D eigenvalue weighted by Crippen LogP contribution is 2.33. The summed E-state index contributed by atoms with van der Waals surface area (Å²) >= 11 is 0. The molecule has 1 aliphatic rings. The van der Waals surface area contributed by atoms with Crippen LogP contribution in [0, 0.1) is 12.7 Å². The van der Waals surface area contributed by atoms with Crippen molar-refractivity contribution in [1.82, 2.24) is 14.5 Å². The SMILES string of the molecule is Cc1ccc(NC(=O)c2cccc(C(F)(F)F)c2)c(F)c1-c1cc2cnc(CCCN)cc2n(CCN2CCOCC2)c1=O. The summed E-state index contributed by atoms with van der Waals surface area (Å²) in [4.78, 5) is 33.7. The van der Waals surface area contributed by atoms with Gasteiger partial charge in [-0.3, -0.25) is 19.5 Å². The normalized spacial score (nSPS) is 14.2. The number of morpholine rings is 1. The van der Waals surface area contributed by atoms with E-state index in [4.69, 9.17) is 10.5 Å². The van der Waals surface area contributed by atoms with Crippen LogP contribution in [0.2, 0.25) is 0 Å². The Hall–Kier alpha value is -4.13. The summed E-state index contributed by atoms with van der Waals surface area (Å²) in [6.07, 6.45) is -1.61. The van der Waals surface area contributed by atoms with Gasteiger partial charge in [0.15, 0.2) is 5.82 Å². The Morgan fingerprint density at radius 3 is 2.59 bits per heavy atom. The fourth-order valence-corrected chi connectivity index (χ4v) is 5.33. The number of benzene rings is 2. The van der Waals surface area contributed by atoms with Crippen LogP contribution in [-0.4, -0.2) is 59.8 Å². The number of pyridine rings is 2. The number of fused-ring (bicyclic) bond motifs is 1. The third-order valence-electron chi connectivity index (χ3n) is 7.74. The number of nitrogens with one attached hydrogen (secondary N) is 1. The summed E-state index contributed by atoms with van der Waals surface area (Å²) in [7, 11) is 0. The number of ether oxygens (including phenoxy) is 1. The number of alkyl halides is 3. The van der Waals surface area contributed by atoms with E-state index in [2.05, 4.69) is 15.2 Å². The molecule has 1 aliphatic heterocycles. The number of rotatable bonds is 9. The number of nitrogens with two attached hydrogens (primary N) is 1. The number of anilines is 1. The van der Waals surface area contributed by atoms with E-state index >= 15 is 4.39 Å². The number of hydrogen-bond acceptors (Lipinski definition) is 6. The predicted octanol–water partition coefficient (Wildman–Crippen LogP) is 5.01. The Bertz CT molecular complexity index is 1730. The molecule has 5 rings (SSSR count). The van der Waals surface area contributed by atoms with Crippen molar-refractivity contribution in [3.05, 3.63) is 93.3 Å². The fraction of sp³-hybridized carbons (Fsp3) is 0.344. The lowest BCUT2D eigenvalue weighted by molar-refractivity contribution is -0.137. The smallest absolute Gasteiger partial charge is 0.379 e. The highest BCUT2D eigenvalue weighted by atomic mass is 19.4. The lowest BCUT2D eigenvalue weighted by atomic mass is 9.98. The van der Waals surface area contributed by atoms with Crippen LogP contribution in [0.15, 0.2) is 59.5 Å². The molecule has 2 aromatic heterocycles. The number of aryl methyl sites for hydroxylation is 2. The lowest BCUT2D eigenvalue weighted by Gasteiger charge is -2.27. The minimum atomic E-state index is -4.64. The van der Waals surface area contributed by atoms with Crippen LogP contribution in [0.4, 0.5) is 23.2 Å². The molecule has 12 heteroatoms. The summed E-state index contributed by atoms with van der Waals surface area (Å²) in [5.41, 5.74) is 5.71. The highest BCUT2D eigenvalue weighted by Gasteiger charge is 2.31. The van der Waals surface area contributed by atoms with E-state index in [-0.39, 0.29) is 22.4 Å². The Labute approximate surface area is 251 Å². The van der Waals surface area contributed by atoms with Gasteiger partial charge >= 0.3 is 6.18 Å². The van der Waals surface area contributed by atoms with E-state index < -0.39 is 29.0 Å². The van der Waals surface area contributed by atoms with Crippen LogP contribution >= 0.6 is 0 Å². The van der Waals surface area contributed by atoms with Crippen molar-refractivity contribution in [2.24, 2.45) is 5.73 Å². The van der Waals surface area contributed by atoms with Crippen molar-refractivity contribution >= 4 is 22.5 Å². The first kappa shape index (κ1) is 31.3.